The SMILES string of the molecule is O=C(CCc1cccnc1)N(CC1CCCCN1)C1CC1. The normalized spacial score (nSPS) is 22.0. The van der Waals surface area contributed by atoms with Crippen molar-refractivity contribution in [3.63, 3.8) is 0 Å². The zero-order valence-electron chi connectivity index (χ0n) is 12.6. The molecule has 1 N–H and O–H groups in total. The molecular formula is C17H25N3O. The van der Waals surface area contributed by atoms with E-state index in [-0.39, 0.29) is 0 Å². The number of pyridine rings is 1. The van der Waals surface area contributed by atoms with Crippen LogP contribution in [0.3, 0.4) is 0 Å². The van der Waals surface area contributed by atoms with Crippen LogP contribution in [0.15, 0.2) is 24.5 Å². The van der Waals surface area contributed by atoms with Crippen LogP contribution in [0.4, 0.5) is 0 Å². The zero-order chi connectivity index (χ0) is 14.5. The van der Waals surface area contributed by atoms with Gasteiger partial charge in [0, 0.05) is 37.4 Å². The Labute approximate surface area is 126 Å². The van der Waals surface area contributed by atoms with Crippen LogP contribution >= 0.6 is 0 Å². The molecule has 1 saturated heterocycles. The number of piperidine rings is 1. The molecule has 0 bridgehead atoms. The summed E-state index contributed by atoms with van der Waals surface area (Å²) in [6, 6.07) is 4.99. The molecule has 21 heavy (non-hydrogen) atoms. The minimum absolute atomic E-state index is 0.314. The lowest BCUT2D eigenvalue weighted by atomic mass is 10.0. The lowest BCUT2D eigenvalue weighted by molar-refractivity contribution is -0.132. The number of hydrogen-bond donors (Lipinski definition) is 1. The fourth-order valence-electron chi connectivity index (χ4n) is 3.10. The number of carbonyl (C=O) groups is 1. The Morgan fingerprint density at radius 3 is 2.90 bits per heavy atom. The number of amides is 1. The third-order valence-corrected chi connectivity index (χ3v) is 4.49. The summed E-state index contributed by atoms with van der Waals surface area (Å²) in [5, 5.41) is 3.56. The predicted molar refractivity (Wildman–Crippen MR) is 82.9 cm³/mol. The van der Waals surface area contributed by atoms with Crippen molar-refractivity contribution in [1.29, 1.82) is 0 Å². The molecule has 2 fully saturated rings. The summed E-state index contributed by atoms with van der Waals surface area (Å²) < 4.78 is 0. The van der Waals surface area contributed by atoms with Gasteiger partial charge in [-0.25, -0.2) is 0 Å². The molecule has 0 spiro atoms. The summed E-state index contributed by atoms with van der Waals surface area (Å²) >= 11 is 0. The maximum Gasteiger partial charge on any atom is 0.223 e. The van der Waals surface area contributed by atoms with Crippen LogP contribution < -0.4 is 5.32 Å². The molecule has 3 rings (SSSR count). The summed E-state index contributed by atoms with van der Waals surface area (Å²) in [5.74, 6) is 0.314. The number of hydrogen-bond acceptors (Lipinski definition) is 3. The van der Waals surface area contributed by atoms with Crippen molar-refractivity contribution >= 4 is 5.91 Å². The average Bonchev–Trinajstić information content (AvgIpc) is 3.37. The molecule has 4 heteroatoms. The zero-order valence-corrected chi connectivity index (χ0v) is 12.6. The average molecular weight is 287 g/mol. The van der Waals surface area contributed by atoms with E-state index in [2.05, 4.69) is 15.2 Å². The van der Waals surface area contributed by atoms with E-state index < -0.39 is 0 Å². The van der Waals surface area contributed by atoms with Gasteiger partial charge in [0.25, 0.3) is 0 Å². The van der Waals surface area contributed by atoms with E-state index in [4.69, 9.17) is 0 Å². The Morgan fingerprint density at radius 2 is 2.24 bits per heavy atom. The number of rotatable bonds is 6. The van der Waals surface area contributed by atoms with Crippen LogP contribution in [-0.2, 0) is 11.2 Å². The predicted octanol–water partition coefficient (Wildman–Crippen LogP) is 2.15. The van der Waals surface area contributed by atoms with Crippen LogP contribution in [-0.4, -0.2) is 41.0 Å². The highest BCUT2D eigenvalue weighted by Gasteiger charge is 2.33. The quantitative estimate of drug-likeness (QED) is 0.872. The van der Waals surface area contributed by atoms with Gasteiger partial charge in [0.1, 0.15) is 0 Å². The second kappa shape index (κ2) is 7.03. The van der Waals surface area contributed by atoms with Crippen molar-refractivity contribution in [2.24, 2.45) is 0 Å². The van der Waals surface area contributed by atoms with Gasteiger partial charge in [0.15, 0.2) is 0 Å². The van der Waals surface area contributed by atoms with Crippen LogP contribution in [0.5, 0.6) is 0 Å². The monoisotopic (exact) mass is 287 g/mol. The van der Waals surface area contributed by atoms with Gasteiger partial charge in [-0.1, -0.05) is 12.5 Å². The Bertz CT molecular complexity index is 452. The molecule has 1 aliphatic carbocycles. The molecule has 1 aliphatic heterocycles. The lowest BCUT2D eigenvalue weighted by Crippen LogP contribution is -2.46. The van der Waals surface area contributed by atoms with Crippen molar-refractivity contribution < 1.29 is 4.79 Å². The molecule has 2 heterocycles. The van der Waals surface area contributed by atoms with Crippen molar-refractivity contribution in [2.45, 2.75) is 57.0 Å². The standard InChI is InChI=1S/C17H25N3O/c21-17(9-6-14-4-3-10-18-12-14)20(16-7-8-16)13-15-5-1-2-11-19-15/h3-4,10,12,15-16,19H,1-2,5-9,11,13H2. The van der Waals surface area contributed by atoms with Gasteiger partial charge in [0.05, 0.1) is 0 Å². The number of carbonyl (C=O) groups excluding carboxylic acids is 1. The Balaban J connectivity index is 1.52. The van der Waals surface area contributed by atoms with Crippen LogP contribution in [0.1, 0.15) is 44.1 Å². The van der Waals surface area contributed by atoms with Crippen LogP contribution in [0, 0.1) is 0 Å². The second-order valence-electron chi connectivity index (χ2n) is 6.29. The molecule has 2 aliphatic rings. The molecule has 1 aromatic heterocycles. The Morgan fingerprint density at radius 1 is 1.33 bits per heavy atom. The summed E-state index contributed by atoms with van der Waals surface area (Å²) in [6.45, 7) is 2.00. The highest BCUT2D eigenvalue weighted by atomic mass is 16.2. The van der Waals surface area contributed by atoms with Gasteiger partial charge in [-0.2, -0.15) is 0 Å². The smallest absolute Gasteiger partial charge is 0.223 e. The van der Waals surface area contributed by atoms with Gasteiger partial charge in [-0.05, 0) is 50.3 Å². The van der Waals surface area contributed by atoms with E-state index in [1.807, 2.05) is 18.3 Å². The summed E-state index contributed by atoms with van der Waals surface area (Å²) in [4.78, 5) is 18.8. The van der Waals surface area contributed by atoms with E-state index >= 15 is 0 Å². The minimum atomic E-state index is 0.314. The number of nitrogens with one attached hydrogen (secondary N) is 1. The van der Waals surface area contributed by atoms with E-state index in [1.165, 1.54) is 32.1 Å². The largest absolute Gasteiger partial charge is 0.338 e. The molecule has 0 radical (unpaired) electrons. The summed E-state index contributed by atoms with van der Waals surface area (Å²) in [5.41, 5.74) is 1.15. The first-order valence-electron chi connectivity index (χ1n) is 8.24. The Kier molecular flexibility index (Phi) is 4.86. The molecule has 1 aromatic rings. The molecule has 114 valence electrons. The highest BCUT2D eigenvalue weighted by molar-refractivity contribution is 5.77. The molecule has 1 unspecified atom stereocenters. The first-order valence-corrected chi connectivity index (χ1v) is 8.24. The highest BCUT2D eigenvalue weighted by Crippen LogP contribution is 2.28. The molecular weight excluding hydrogens is 262 g/mol. The fourth-order valence-corrected chi connectivity index (χ4v) is 3.10. The Hall–Kier alpha value is -1.42. The molecule has 0 aromatic carbocycles. The first kappa shape index (κ1) is 14.5. The number of aromatic nitrogens is 1. The van der Waals surface area contributed by atoms with Crippen molar-refractivity contribution in [2.75, 3.05) is 13.1 Å². The summed E-state index contributed by atoms with van der Waals surface area (Å²) in [6.07, 6.45) is 11.2. The molecule has 1 amide bonds. The van der Waals surface area contributed by atoms with Crippen molar-refractivity contribution in [1.82, 2.24) is 15.2 Å². The topological polar surface area (TPSA) is 45.2 Å². The lowest BCUT2D eigenvalue weighted by Gasteiger charge is -2.31. The molecule has 1 atom stereocenters. The summed E-state index contributed by atoms with van der Waals surface area (Å²) in [7, 11) is 0. The fraction of sp³-hybridized carbons (Fsp3) is 0.647. The maximum absolute atomic E-state index is 12.5. The van der Waals surface area contributed by atoms with E-state index in [0.29, 0.717) is 24.4 Å². The minimum Gasteiger partial charge on any atom is -0.338 e. The third kappa shape index (κ3) is 4.27. The number of aryl methyl sites for hydroxylation is 1. The van der Waals surface area contributed by atoms with E-state index in [1.54, 1.807) is 6.20 Å². The van der Waals surface area contributed by atoms with E-state index in [0.717, 1.165) is 25.1 Å². The third-order valence-electron chi connectivity index (χ3n) is 4.49. The van der Waals surface area contributed by atoms with Crippen molar-refractivity contribution in [3.8, 4) is 0 Å². The maximum atomic E-state index is 12.5. The van der Waals surface area contributed by atoms with Gasteiger partial charge in [-0.3, -0.25) is 9.78 Å². The van der Waals surface area contributed by atoms with Gasteiger partial charge >= 0.3 is 0 Å². The van der Waals surface area contributed by atoms with E-state index in [9.17, 15) is 4.79 Å². The second-order valence-corrected chi connectivity index (χ2v) is 6.29. The van der Waals surface area contributed by atoms with Gasteiger partial charge in [0.2, 0.25) is 5.91 Å². The first-order chi connectivity index (χ1) is 10.3. The molecule has 4 nitrogen and oxygen atoms in total. The van der Waals surface area contributed by atoms with Crippen LogP contribution in [0.25, 0.3) is 0 Å². The van der Waals surface area contributed by atoms with Gasteiger partial charge in [-0.15, -0.1) is 0 Å². The van der Waals surface area contributed by atoms with Crippen molar-refractivity contribution in [3.05, 3.63) is 30.1 Å². The van der Waals surface area contributed by atoms with Gasteiger partial charge < -0.3 is 10.2 Å². The number of nitrogens with zero attached hydrogens (tertiary/aromatic N) is 2. The molecule has 1 saturated carbocycles. The van der Waals surface area contributed by atoms with Crippen LogP contribution in [0.2, 0.25) is 0 Å².